The maximum atomic E-state index is 11.2. The van der Waals surface area contributed by atoms with E-state index in [2.05, 4.69) is 12.1 Å². The van der Waals surface area contributed by atoms with Gasteiger partial charge in [0.15, 0.2) is 0 Å². The van der Waals surface area contributed by atoms with Gasteiger partial charge in [-0.1, -0.05) is 31.3 Å². The van der Waals surface area contributed by atoms with Crippen LogP contribution < -0.4 is 0 Å². The van der Waals surface area contributed by atoms with E-state index in [0.29, 0.717) is 6.42 Å². The lowest BCUT2D eigenvalue weighted by Crippen LogP contribution is -2.07. The number of carbonyl (C=O) groups is 1. The molecule has 15 heavy (non-hydrogen) atoms. The largest absolute Gasteiger partial charge is 0.335 e. The molecule has 3 heteroatoms. The van der Waals surface area contributed by atoms with Crippen molar-refractivity contribution < 1.29 is 9.63 Å². The molecule has 0 radical (unpaired) electrons. The molecule has 0 amide bonds. The number of rotatable bonds is 5. The van der Waals surface area contributed by atoms with Crippen LogP contribution >= 0.6 is 0 Å². The summed E-state index contributed by atoms with van der Waals surface area (Å²) in [5.74, 6) is -0.179. The maximum absolute atomic E-state index is 11.2. The molecule has 0 aromatic carbocycles. The van der Waals surface area contributed by atoms with Crippen LogP contribution in [0.15, 0.2) is 5.16 Å². The average molecular weight is 211 g/mol. The van der Waals surface area contributed by atoms with E-state index in [9.17, 15) is 4.79 Å². The Labute approximate surface area is 91.9 Å². The highest BCUT2D eigenvalue weighted by Crippen LogP contribution is 2.15. The van der Waals surface area contributed by atoms with E-state index in [1.807, 2.05) is 0 Å². The second-order valence-corrected chi connectivity index (χ2v) is 4.14. The van der Waals surface area contributed by atoms with Crippen molar-refractivity contribution in [3.8, 4) is 0 Å². The second-order valence-electron chi connectivity index (χ2n) is 4.14. The molecule has 1 aliphatic carbocycles. The van der Waals surface area contributed by atoms with Crippen LogP contribution in [-0.4, -0.2) is 11.7 Å². The number of unbranched alkanes of at least 4 members (excludes halogenated alkanes) is 2. The number of oxime groups is 1. The Morgan fingerprint density at radius 3 is 2.67 bits per heavy atom. The normalized spacial score (nSPS) is 16.2. The lowest BCUT2D eigenvalue weighted by Gasteiger charge is -2.10. The molecular weight excluding hydrogens is 190 g/mol. The Morgan fingerprint density at radius 2 is 2.00 bits per heavy atom. The van der Waals surface area contributed by atoms with Crippen molar-refractivity contribution in [3.05, 3.63) is 0 Å². The Kier molecular flexibility index (Phi) is 6.05. The average Bonchev–Trinajstić information content (AvgIpc) is 2.28. The van der Waals surface area contributed by atoms with E-state index in [1.165, 1.54) is 19.3 Å². The maximum Gasteiger partial charge on any atom is 0.335 e. The van der Waals surface area contributed by atoms with Crippen LogP contribution in [0.3, 0.4) is 0 Å². The fraction of sp³-hybridized carbons (Fsp3) is 0.833. The molecule has 0 aromatic rings. The molecule has 1 fully saturated rings. The van der Waals surface area contributed by atoms with Crippen LogP contribution in [0.5, 0.6) is 0 Å². The van der Waals surface area contributed by atoms with Crippen LogP contribution in [0.4, 0.5) is 0 Å². The molecule has 0 unspecified atom stereocenters. The van der Waals surface area contributed by atoms with Crippen molar-refractivity contribution in [1.82, 2.24) is 0 Å². The zero-order valence-corrected chi connectivity index (χ0v) is 9.63. The molecule has 0 atom stereocenters. The van der Waals surface area contributed by atoms with Crippen molar-refractivity contribution >= 4 is 11.7 Å². The number of hydrogen-bond donors (Lipinski definition) is 0. The first-order valence-electron chi connectivity index (χ1n) is 6.08. The molecule has 0 spiro atoms. The van der Waals surface area contributed by atoms with Crippen LogP contribution in [0.2, 0.25) is 0 Å². The molecule has 3 nitrogen and oxygen atoms in total. The fourth-order valence-electron chi connectivity index (χ4n) is 1.73. The lowest BCUT2D eigenvalue weighted by molar-refractivity contribution is -0.143. The topological polar surface area (TPSA) is 38.7 Å². The number of carbonyl (C=O) groups excluding carboxylic acids is 1. The van der Waals surface area contributed by atoms with Gasteiger partial charge in [-0.3, -0.25) is 0 Å². The summed E-state index contributed by atoms with van der Waals surface area (Å²) in [6, 6.07) is 0. The highest BCUT2D eigenvalue weighted by Gasteiger charge is 2.08. The predicted molar refractivity (Wildman–Crippen MR) is 60.8 cm³/mol. The van der Waals surface area contributed by atoms with E-state index < -0.39 is 0 Å². The third-order valence-electron chi connectivity index (χ3n) is 2.69. The van der Waals surface area contributed by atoms with Crippen molar-refractivity contribution in [2.45, 2.75) is 64.7 Å². The van der Waals surface area contributed by atoms with Gasteiger partial charge >= 0.3 is 5.97 Å². The SMILES string of the molecule is CCCCCC(=O)ON=C1CCCCC1. The summed E-state index contributed by atoms with van der Waals surface area (Å²) in [5.41, 5.74) is 1.06. The van der Waals surface area contributed by atoms with E-state index in [4.69, 9.17) is 4.84 Å². The molecule has 0 heterocycles. The fourth-order valence-corrected chi connectivity index (χ4v) is 1.73. The van der Waals surface area contributed by atoms with Crippen LogP contribution in [0.1, 0.15) is 64.7 Å². The first kappa shape index (κ1) is 12.2. The van der Waals surface area contributed by atoms with Gasteiger partial charge in [0, 0.05) is 6.42 Å². The van der Waals surface area contributed by atoms with Crippen molar-refractivity contribution in [2.24, 2.45) is 5.16 Å². The summed E-state index contributed by atoms with van der Waals surface area (Å²) >= 11 is 0. The zero-order valence-electron chi connectivity index (χ0n) is 9.63. The van der Waals surface area contributed by atoms with Crippen molar-refractivity contribution in [2.75, 3.05) is 0 Å². The third-order valence-corrected chi connectivity index (χ3v) is 2.69. The summed E-state index contributed by atoms with van der Waals surface area (Å²) in [6.45, 7) is 2.12. The van der Waals surface area contributed by atoms with Crippen LogP contribution in [0, 0.1) is 0 Å². The highest BCUT2D eigenvalue weighted by molar-refractivity contribution is 5.85. The first-order chi connectivity index (χ1) is 7.33. The van der Waals surface area contributed by atoms with Crippen LogP contribution in [0.25, 0.3) is 0 Å². The molecule has 1 saturated carbocycles. The molecule has 0 aromatic heterocycles. The minimum absolute atomic E-state index is 0.179. The molecule has 0 saturated heterocycles. The van der Waals surface area contributed by atoms with Crippen molar-refractivity contribution in [3.63, 3.8) is 0 Å². The molecule has 0 N–H and O–H groups in total. The molecule has 1 rings (SSSR count). The van der Waals surface area contributed by atoms with E-state index in [1.54, 1.807) is 0 Å². The Balaban J connectivity index is 2.14. The van der Waals surface area contributed by atoms with Crippen molar-refractivity contribution in [1.29, 1.82) is 0 Å². The van der Waals surface area contributed by atoms with Gasteiger partial charge in [0.1, 0.15) is 0 Å². The van der Waals surface area contributed by atoms with Gasteiger partial charge in [0.2, 0.25) is 0 Å². The van der Waals surface area contributed by atoms with Crippen LogP contribution in [-0.2, 0) is 9.63 Å². The van der Waals surface area contributed by atoms with Gasteiger partial charge in [0.25, 0.3) is 0 Å². The van der Waals surface area contributed by atoms with E-state index >= 15 is 0 Å². The monoisotopic (exact) mass is 211 g/mol. The Hall–Kier alpha value is -0.860. The van der Waals surface area contributed by atoms with E-state index in [-0.39, 0.29) is 5.97 Å². The Bertz CT molecular complexity index is 216. The minimum Gasteiger partial charge on any atom is -0.318 e. The first-order valence-corrected chi connectivity index (χ1v) is 6.08. The standard InChI is InChI=1S/C12H21NO2/c1-2-3-5-10-12(14)15-13-11-8-6-4-7-9-11/h2-10H2,1H3. The van der Waals surface area contributed by atoms with Gasteiger partial charge in [-0.05, 0) is 32.1 Å². The van der Waals surface area contributed by atoms with E-state index in [0.717, 1.165) is 37.8 Å². The smallest absolute Gasteiger partial charge is 0.318 e. The summed E-state index contributed by atoms with van der Waals surface area (Å²) in [5, 5.41) is 3.93. The minimum atomic E-state index is -0.179. The molecule has 0 bridgehead atoms. The second kappa shape index (κ2) is 7.43. The highest BCUT2D eigenvalue weighted by atomic mass is 16.7. The van der Waals surface area contributed by atoms with Gasteiger partial charge in [-0.2, -0.15) is 0 Å². The number of nitrogens with zero attached hydrogens (tertiary/aromatic N) is 1. The molecular formula is C12H21NO2. The quantitative estimate of drug-likeness (QED) is 0.397. The Morgan fingerprint density at radius 1 is 1.27 bits per heavy atom. The molecule has 1 aliphatic rings. The lowest BCUT2D eigenvalue weighted by atomic mass is 9.99. The molecule has 86 valence electrons. The summed E-state index contributed by atoms with van der Waals surface area (Å²) in [7, 11) is 0. The van der Waals surface area contributed by atoms with Gasteiger partial charge < -0.3 is 4.84 Å². The predicted octanol–water partition coefficient (Wildman–Crippen LogP) is 3.43. The van der Waals surface area contributed by atoms with Gasteiger partial charge in [-0.15, -0.1) is 0 Å². The summed E-state index contributed by atoms with van der Waals surface area (Å²) in [6.07, 6.45) is 9.30. The third kappa shape index (κ3) is 5.55. The number of hydrogen-bond acceptors (Lipinski definition) is 3. The summed E-state index contributed by atoms with van der Waals surface area (Å²) in [4.78, 5) is 16.1. The van der Waals surface area contributed by atoms with Gasteiger partial charge in [0.05, 0.1) is 5.71 Å². The molecule has 0 aliphatic heterocycles. The zero-order chi connectivity index (χ0) is 10.9. The van der Waals surface area contributed by atoms with Gasteiger partial charge in [-0.25, -0.2) is 4.79 Å². The summed E-state index contributed by atoms with van der Waals surface area (Å²) < 4.78 is 0.